The minimum Gasteiger partial charge on any atom is -0.483 e. The molecule has 0 atom stereocenters. The summed E-state index contributed by atoms with van der Waals surface area (Å²) >= 11 is 3.45. The maximum Gasteiger partial charge on any atom is 0.262 e. The summed E-state index contributed by atoms with van der Waals surface area (Å²) in [5.74, 6) is -0.0693. The number of nitrogens with one attached hydrogen (secondary N) is 1. The summed E-state index contributed by atoms with van der Waals surface area (Å²) in [5.41, 5.74) is 1.30. The second-order valence-electron chi connectivity index (χ2n) is 6.24. The van der Waals surface area contributed by atoms with Gasteiger partial charge in [-0.25, -0.2) is 4.39 Å². The van der Waals surface area contributed by atoms with E-state index in [9.17, 15) is 9.18 Å². The van der Waals surface area contributed by atoms with Crippen LogP contribution in [0.1, 0.15) is 26.3 Å². The lowest BCUT2D eigenvalue weighted by Crippen LogP contribution is -2.22. The molecule has 2 rings (SSSR count). The highest BCUT2D eigenvalue weighted by Gasteiger charge is 2.20. The summed E-state index contributed by atoms with van der Waals surface area (Å²) in [5, 5.41) is 2.61. The monoisotopic (exact) mass is 379 g/mol. The maximum atomic E-state index is 13.1. The van der Waals surface area contributed by atoms with Crippen molar-refractivity contribution in [2.24, 2.45) is 0 Å². The largest absolute Gasteiger partial charge is 0.483 e. The molecule has 0 radical (unpaired) electrons. The molecule has 122 valence electrons. The Balaban J connectivity index is 2.05. The fourth-order valence-electron chi connectivity index (χ4n) is 2.12. The molecule has 0 bridgehead atoms. The van der Waals surface area contributed by atoms with Crippen molar-refractivity contribution in [3.05, 3.63) is 58.3 Å². The van der Waals surface area contributed by atoms with Crippen LogP contribution in [0, 0.1) is 5.82 Å². The van der Waals surface area contributed by atoms with Crippen LogP contribution < -0.4 is 10.1 Å². The molecule has 1 N–H and O–H groups in total. The average Bonchev–Trinajstić information content (AvgIpc) is 2.45. The summed E-state index contributed by atoms with van der Waals surface area (Å²) < 4.78 is 19.7. The summed E-state index contributed by atoms with van der Waals surface area (Å²) in [7, 11) is 0. The third-order valence-corrected chi connectivity index (χ3v) is 3.71. The van der Waals surface area contributed by atoms with E-state index >= 15 is 0 Å². The highest BCUT2D eigenvalue weighted by Crippen LogP contribution is 2.33. The van der Waals surface area contributed by atoms with Crippen molar-refractivity contribution in [2.45, 2.75) is 26.2 Å². The summed E-state index contributed by atoms with van der Waals surface area (Å²) in [6.07, 6.45) is 0. The number of carbonyl (C=O) groups is 1. The van der Waals surface area contributed by atoms with Gasteiger partial charge in [0.05, 0.1) is 0 Å². The lowest BCUT2D eigenvalue weighted by atomic mass is 9.86. The molecule has 0 aliphatic carbocycles. The van der Waals surface area contributed by atoms with Crippen LogP contribution >= 0.6 is 15.9 Å². The van der Waals surface area contributed by atoms with E-state index in [1.54, 1.807) is 6.07 Å². The molecule has 0 spiro atoms. The number of carbonyl (C=O) groups excluding carboxylic acids is 1. The van der Waals surface area contributed by atoms with Gasteiger partial charge in [0.25, 0.3) is 5.91 Å². The number of benzene rings is 2. The number of amides is 1. The molecule has 0 aliphatic rings. The van der Waals surface area contributed by atoms with Gasteiger partial charge >= 0.3 is 0 Å². The minimum atomic E-state index is -0.397. The maximum absolute atomic E-state index is 13.1. The van der Waals surface area contributed by atoms with E-state index in [1.165, 1.54) is 18.2 Å². The van der Waals surface area contributed by atoms with Crippen LogP contribution in [-0.2, 0) is 10.2 Å². The summed E-state index contributed by atoms with van der Waals surface area (Å²) in [4.78, 5) is 12.0. The van der Waals surface area contributed by atoms with E-state index in [2.05, 4.69) is 42.0 Å². The highest BCUT2D eigenvalue weighted by molar-refractivity contribution is 9.10. The van der Waals surface area contributed by atoms with Crippen LogP contribution in [0.15, 0.2) is 46.9 Å². The zero-order valence-electron chi connectivity index (χ0n) is 13.3. The van der Waals surface area contributed by atoms with Crippen LogP contribution in [-0.4, -0.2) is 12.5 Å². The molecular formula is C18H19BrFNO2. The number of anilines is 1. The van der Waals surface area contributed by atoms with Crippen molar-refractivity contribution in [1.29, 1.82) is 0 Å². The zero-order valence-corrected chi connectivity index (χ0v) is 14.9. The van der Waals surface area contributed by atoms with Crippen LogP contribution in [0.4, 0.5) is 10.1 Å². The van der Waals surface area contributed by atoms with Gasteiger partial charge < -0.3 is 10.1 Å². The molecule has 0 unspecified atom stereocenters. The number of hydrogen-bond donors (Lipinski definition) is 1. The number of halogens is 2. The molecular weight excluding hydrogens is 361 g/mol. The zero-order chi connectivity index (χ0) is 17.0. The van der Waals surface area contributed by atoms with Crippen molar-refractivity contribution in [3.63, 3.8) is 0 Å². The van der Waals surface area contributed by atoms with E-state index in [4.69, 9.17) is 4.74 Å². The van der Waals surface area contributed by atoms with Crippen molar-refractivity contribution in [3.8, 4) is 5.75 Å². The third kappa shape index (κ3) is 5.06. The first-order chi connectivity index (χ1) is 10.8. The normalized spacial score (nSPS) is 11.2. The van der Waals surface area contributed by atoms with Gasteiger partial charge in [-0.3, -0.25) is 4.79 Å². The Morgan fingerprint density at radius 3 is 2.61 bits per heavy atom. The molecule has 0 aromatic heterocycles. The van der Waals surface area contributed by atoms with E-state index in [0.29, 0.717) is 11.4 Å². The molecule has 3 nitrogen and oxygen atoms in total. The molecule has 0 fully saturated rings. The number of rotatable bonds is 4. The van der Waals surface area contributed by atoms with Gasteiger partial charge in [-0.2, -0.15) is 0 Å². The highest BCUT2D eigenvalue weighted by atomic mass is 79.9. The molecule has 0 heterocycles. The lowest BCUT2D eigenvalue weighted by molar-refractivity contribution is -0.118. The Kier molecular flexibility index (Phi) is 5.42. The lowest BCUT2D eigenvalue weighted by Gasteiger charge is -2.23. The SMILES string of the molecule is CC(C)(C)c1cc(Br)ccc1OCC(=O)Nc1cccc(F)c1. The molecule has 0 saturated heterocycles. The van der Waals surface area contributed by atoms with Gasteiger partial charge in [-0.1, -0.05) is 42.8 Å². The fourth-order valence-corrected chi connectivity index (χ4v) is 2.48. The molecule has 0 saturated carbocycles. The van der Waals surface area contributed by atoms with Crippen molar-refractivity contribution < 1.29 is 13.9 Å². The second-order valence-corrected chi connectivity index (χ2v) is 7.15. The molecule has 2 aromatic rings. The summed E-state index contributed by atoms with van der Waals surface area (Å²) in [6.45, 7) is 6.10. The quantitative estimate of drug-likeness (QED) is 0.819. The van der Waals surface area contributed by atoms with Crippen LogP contribution in [0.5, 0.6) is 5.75 Å². The van der Waals surface area contributed by atoms with Crippen LogP contribution in [0.25, 0.3) is 0 Å². The Labute approximate surface area is 144 Å². The van der Waals surface area contributed by atoms with Gasteiger partial charge in [0, 0.05) is 15.7 Å². The van der Waals surface area contributed by atoms with Crippen molar-refractivity contribution in [1.82, 2.24) is 0 Å². The Hall–Kier alpha value is -1.88. The van der Waals surface area contributed by atoms with Crippen LogP contribution in [0.2, 0.25) is 0 Å². The van der Waals surface area contributed by atoms with Gasteiger partial charge in [0.1, 0.15) is 11.6 Å². The fraction of sp³-hybridized carbons (Fsp3) is 0.278. The number of hydrogen-bond acceptors (Lipinski definition) is 2. The van der Waals surface area contributed by atoms with Crippen molar-refractivity contribution in [2.75, 3.05) is 11.9 Å². The molecule has 5 heteroatoms. The Morgan fingerprint density at radius 1 is 1.22 bits per heavy atom. The van der Waals surface area contributed by atoms with Crippen LogP contribution in [0.3, 0.4) is 0 Å². The van der Waals surface area contributed by atoms with Gasteiger partial charge in [-0.15, -0.1) is 0 Å². The Bertz CT molecular complexity index is 710. The summed E-state index contributed by atoms with van der Waals surface area (Å²) in [6, 6.07) is 11.4. The molecule has 23 heavy (non-hydrogen) atoms. The molecule has 2 aromatic carbocycles. The first-order valence-corrected chi connectivity index (χ1v) is 8.03. The van der Waals surface area contributed by atoms with E-state index in [0.717, 1.165) is 10.0 Å². The smallest absolute Gasteiger partial charge is 0.262 e. The first kappa shape index (κ1) is 17.5. The van der Waals surface area contributed by atoms with E-state index < -0.39 is 5.82 Å². The van der Waals surface area contributed by atoms with Crippen molar-refractivity contribution >= 4 is 27.5 Å². The van der Waals surface area contributed by atoms with Gasteiger partial charge in [0.2, 0.25) is 0 Å². The van der Waals surface area contributed by atoms with E-state index in [-0.39, 0.29) is 17.9 Å². The van der Waals surface area contributed by atoms with E-state index in [1.807, 2.05) is 18.2 Å². The van der Waals surface area contributed by atoms with Gasteiger partial charge in [0.15, 0.2) is 6.61 Å². The molecule has 0 aliphatic heterocycles. The molecule has 1 amide bonds. The number of ether oxygens (including phenoxy) is 1. The Morgan fingerprint density at radius 2 is 1.96 bits per heavy atom. The third-order valence-electron chi connectivity index (χ3n) is 3.22. The predicted molar refractivity (Wildman–Crippen MR) is 93.4 cm³/mol. The predicted octanol–water partition coefficient (Wildman–Crippen LogP) is 4.90. The standard InChI is InChI=1S/C18H19BrFNO2/c1-18(2,3)15-9-12(19)7-8-16(15)23-11-17(22)21-14-6-4-5-13(20)10-14/h4-10H,11H2,1-3H3,(H,21,22). The van der Waals surface area contributed by atoms with Gasteiger partial charge in [-0.05, 0) is 41.8 Å². The minimum absolute atomic E-state index is 0.113. The first-order valence-electron chi connectivity index (χ1n) is 7.24. The average molecular weight is 380 g/mol. The second kappa shape index (κ2) is 7.13. The topological polar surface area (TPSA) is 38.3 Å².